The summed E-state index contributed by atoms with van der Waals surface area (Å²) in [6, 6.07) is 8.14. The summed E-state index contributed by atoms with van der Waals surface area (Å²) in [5.41, 5.74) is 7.88. The van der Waals surface area contributed by atoms with E-state index < -0.39 is 0 Å². The number of amides is 1. The molecule has 1 aromatic carbocycles. The number of fused-ring (bicyclic) bond motifs is 1. The molecule has 2 aliphatic heterocycles. The first-order valence-electron chi connectivity index (χ1n) is 7.61. The fourth-order valence-electron chi connectivity index (χ4n) is 3.47. The van der Waals surface area contributed by atoms with Crippen molar-refractivity contribution in [2.45, 2.75) is 31.7 Å². The Morgan fingerprint density at radius 3 is 3.00 bits per heavy atom. The highest BCUT2D eigenvalue weighted by atomic mass is 16.2. The van der Waals surface area contributed by atoms with Crippen molar-refractivity contribution < 1.29 is 4.79 Å². The number of para-hydroxylation sites is 1. The Hall–Kier alpha value is -1.39. The number of aryl methyl sites for hydroxylation is 1. The largest absolute Gasteiger partial charge is 0.330 e. The summed E-state index contributed by atoms with van der Waals surface area (Å²) in [6.45, 7) is 2.80. The van der Waals surface area contributed by atoms with Crippen LogP contribution in [0.15, 0.2) is 24.3 Å². The number of nitrogens with two attached hydrogens (primary N) is 1. The Balaban J connectivity index is 1.69. The average Bonchev–Trinajstić information content (AvgIpc) is 2.82. The van der Waals surface area contributed by atoms with Crippen LogP contribution in [0.25, 0.3) is 0 Å². The minimum atomic E-state index is 0.0187. The van der Waals surface area contributed by atoms with Gasteiger partial charge in [-0.05, 0) is 56.3 Å². The van der Waals surface area contributed by atoms with Crippen molar-refractivity contribution in [3.63, 3.8) is 0 Å². The SMILES string of the molecule is NCCC1CCN(C2CCc3ccccc3NC2=O)C1. The van der Waals surface area contributed by atoms with Gasteiger partial charge in [-0.3, -0.25) is 9.69 Å². The Labute approximate surface area is 120 Å². The van der Waals surface area contributed by atoms with Crippen LogP contribution in [0.4, 0.5) is 5.69 Å². The van der Waals surface area contributed by atoms with Crippen LogP contribution >= 0.6 is 0 Å². The number of likely N-dealkylation sites (tertiary alicyclic amines) is 1. The van der Waals surface area contributed by atoms with Crippen molar-refractivity contribution in [3.05, 3.63) is 29.8 Å². The van der Waals surface area contributed by atoms with Crippen molar-refractivity contribution in [3.8, 4) is 0 Å². The summed E-state index contributed by atoms with van der Waals surface area (Å²) in [5.74, 6) is 0.821. The van der Waals surface area contributed by atoms with Gasteiger partial charge >= 0.3 is 0 Å². The van der Waals surface area contributed by atoms with Crippen LogP contribution in [0.2, 0.25) is 0 Å². The number of nitrogens with zero attached hydrogens (tertiary/aromatic N) is 1. The lowest BCUT2D eigenvalue weighted by Gasteiger charge is -2.25. The van der Waals surface area contributed by atoms with E-state index in [0.717, 1.165) is 44.6 Å². The lowest BCUT2D eigenvalue weighted by atomic mass is 10.0. The molecule has 2 atom stereocenters. The molecule has 1 aromatic rings. The lowest BCUT2D eigenvalue weighted by Crippen LogP contribution is -2.42. The third kappa shape index (κ3) is 2.72. The van der Waals surface area contributed by atoms with Gasteiger partial charge in [-0.25, -0.2) is 0 Å². The normalized spacial score (nSPS) is 26.9. The minimum Gasteiger partial charge on any atom is -0.330 e. The van der Waals surface area contributed by atoms with Crippen LogP contribution < -0.4 is 11.1 Å². The number of nitrogens with one attached hydrogen (secondary N) is 1. The number of carbonyl (C=O) groups is 1. The van der Waals surface area contributed by atoms with E-state index in [0.29, 0.717) is 5.92 Å². The second-order valence-corrected chi connectivity index (χ2v) is 5.93. The highest BCUT2D eigenvalue weighted by molar-refractivity contribution is 5.96. The Morgan fingerprint density at radius 1 is 1.30 bits per heavy atom. The van der Waals surface area contributed by atoms with E-state index in [1.807, 2.05) is 18.2 Å². The Kier molecular flexibility index (Phi) is 4.03. The predicted molar refractivity (Wildman–Crippen MR) is 80.5 cm³/mol. The molecular weight excluding hydrogens is 250 g/mol. The fourth-order valence-corrected chi connectivity index (χ4v) is 3.47. The zero-order valence-corrected chi connectivity index (χ0v) is 11.8. The van der Waals surface area contributed by atoms with Crippen LogP contribution in [0.5, 0.6) is 0 Å². The smallest absolute Gasteiger partial charge is 0.241 e. The van der Waals surface area contributed by atoms with Crippen LogP contribution in [0.3, 0.4) is 0 Å². The molecule has 3 rings (SSSR count). The van der Waals surface area contributed by atoms with Crippen LogP contribution in [-0.2, 0) is 11.2 Å². The van der Waals surface area contributed by atoms with E-state index in [2.05, 4.69) is 16.3 Å². The van der Waals surface area contributed by atoms with Gasteiger partial charge in [0, 0.05) is 12.2 Å². The first-order chi connectivity index (χ1) is 9.78. The molecule has 20 heavy (non-hydrogen) atoms. The summed E-state index contributed by atoms with van der Waals surface area (Å²) < 4.78 is 0. The fraction of sp³-hybridized carbons (Fsp3) is 0.562. The zero-order valence-electron chi connectivity index (χ0n) is 11.8. The van der Waals surface area contributed by atoms with E-state index in [-0.39, 0.29) is 11.9 Å². The van der Waals surface area contributed by atoms with E-state index in [4.69, 9.17) is 5.73 Å². The van der Waals surface area contributed by atoms with Gasteiger partial charge in [0.15, 0.2) is 0 Å². The van der Waals surface area contributed by atoms with Crippen molar-refractivity contribution >= 4 is 11.6 Å². The monoisotopic (exact) mass is 273 g/mol. The number of carbonyl (C=O) groups excluding carboxylic acids is 1. The molecule has 0 aromatic heterocycles. The predicted octanol–water partition coefficient (Wildman–Crippen LogP) is 1.61. The van der Waals surface area contributed by atoms with Crippen LogP contribution in [-0.4, -0.2) is 36.5 Å². The minimum absolute atomic E-state index is 0.0187. The first-order valence-corrected chi connectivity index (χ1v) is 7.61. The molecule has 2 heterocycles. The molecule has 2 unspecified atom stereocenters. The molecule has 2 aliphatic rings. The number of anilines is 1. The van der Waals surface area contributed by atoms with Gasteiger partial charge in [-0.1, -0.05) is 18.2 Å². The molecule has 0 radical (unpaired) electrons. The van der Waals surface area contributed by atoms with Crippen molar-refractivity contribution in [1.29, 1.82) is 0 Å². The Morgan fingerprint density at radius 2 is 2.15 bits per heavy atom. The van der Waals surface area contributed by atoms with Crippen LogP contribution in [0.1, 0.15) is 24.8 Å². The molecular formula is C16H23N3O. The van der Waals surface area contributed by atoms with Gasteiger partial charge in [0.25, 0.3) is 0 Å². The topological polar surface area (TPSA) is 58.4 Å². The quantitative estimate of drug-likeness (QED) is 0.879. The highest BCUT2D eigenvalue weighted by Gasteiger charge is 2.33. The molecule has 0 saturated carbocycles. The van der Waals surface area contributed by atoms with Gasteiger partial charge in [0.1, 0.15) is 0 Å². The molecule has 1 fully saturated rings. The zero-order chi connectivity index (χ0) is 13.9. The summed E-state index contributed by atoms with van der Waals surface area (Å²) in [6.07, 6.45) is 4.13. The second-order valence-electron chi connectivity index (χ2n) is 5.93. The molecule has 108 valence electrons. The lowest BCUT2D eigenvalue weighted by molar-refractivity contribution is -0.121. The van der Waals surface area contributed by atoms with Gasteiger partial charge in [-0.15, -0.1) is 0 Å². The maximum atomic E-state index is 12.5. The van der Waals surface area contributed by atoms with Crippen molar-refractivity contribution in [1.82, 2.24) is 4.90 Å². The molecule has 1 amide bonds. The molecule has 0 aliphatic carbocycles. The third-order valence-corrected chi connectivity index (χ3v) is 4.60. The van der Waals surface area contributed by atoms with E-state index >= 15 is 0 Å². The number of rotatable bonds is 3. The van der Waals surface area contributed by atoms with Crippen LogP contribution in [0, 0.1) is 5.92 Å². The molecule has 0 bridgehead atoms. The van der Waals surface area contributed by atoms with Gasteiger partial charge in [0.05, 0.1) is 6.04 Å². The highest BCUT2D eigenvalue weighted by Crippen LogP contribution is 2.27. The molecule has 4 heteroatoms. The maximum absolute atomic E-state index is 12.5. The summed E-state index contributed by atoms with van der Waals surface area (Å²) in [7, 11) is 0. The molecule has 3 N–H and O–H groups in total. The van der Waals surface area contributed by atoms with Gasteiger partial charge in [-0.2, -0.15) is 0 Å². The summed E-state index contributed by atoms with van der Waals surface area (Å²) in [5, 5.41) is 3.09. The maximum Gasteiger partial charge on any atom is 0.241 e. The first kappa shape index (κ1) is 13.6. The average molecular weight is 273 g/mol. The van der Waals surface area contributed by atoms with E-state index in [9.17, 15) is 4.79 Å². The Bertz CT molecular complexity index is 488. The van der Waals surface area contributed by atoms with E-state index in [1.165, 1.54) is 12.0 Å². The van der Waals surface area contributed by atoms with Crippen molar-refractivity contribution in [2.75, 3.05) is 25.0 Å². The summed E-state index contributed by atoms with van der Waals surface area (Å²) in [4.78, 5) is 14.8. The summed E-state index contributed by atoms with van der Waals surface area (Å²) >= 11 is 0. The van der Waals surface area contributed by atoms with Gasteiger partial charge in [0.2, 0.25) is 5.91 Å². The number of hydrogen-bond acceptors (Lipinski definition) is 3. The van der Waals surface area contributed by atoms with Crippen molar-refractivity contribution in [2.24, 2.45) is 11.7 Å². The molecule has 0 spiro atoms. The standard InChI is InChI=1S/C16H23N3O/c17-9-7-12-8-10-19(11-12)15-6-5-13-3-1-2-4-14(13)18-16(15)20/h1-4,12,15H,5-11,17H2,(H,18,20). The number of benzene rings is 1. The van der Waals surface area contributed by atoms with E-state index in [1.54, 1.807) is 0 Å². The molecule has 4 nitrogen and oxygen atoms in total. The number of hydrogen-bond donors (Lipinski definition) is 2. The third-order valence-electron chi connectivity index (χ3n) is 4.60. The molecule has 1 saturated heterocycles. The van der Waals surface area contributed by atoms with Gasteiger partial charge < -0.3 is 11.1 Å². The second kappa shape index (κ2) is 5.94.